The summed E-state index contributed by atoms with van der Waals surface area (Å²) in [4.78, 5) is 7.02. The molecular formula is C13H26N4. The minimum absolute atomic E-state index is 0.496. The highest BCUT2D eigenvalue weighted by molar-refractivity contribution is 5.81. The molecule has 2 rings (SSSR count). The number of nitrogens with zero attached hydrogens (tertiary/aromatic N) is 2. The molecular weight excluding hydrogens is 212 g/mol. The zero-order valence-electron chi connectivity index (χ0n) is 11.4. The molecule has 2 atom stereocenters. The van der Waals surface area contributed by atoms with Gasteiger partial charge in [-0.15, -0.1) is 0 Å². The lowest BCUT2D eigenvalue weighted by atomic mass is 9.97. The molecule has 0 aromatic carbocycles. The van der Waals surface area contributed by atoms with Crippen molar-refractivity contribution in [2.75, 3.05) is 26.2 Å². The Labute approximate surface area is 105 Å². The largest absolute Gasteiger partial charge is 0.356 e. The maximum Gasteiger partial charge on any atom is 0.191 e. The number of aliphatic imine (C=N–C) groups is 1. The van der Waals surface area contributed by atoms with Crippen LogP contribution in [0.5, 0.6) is 0 Å². The second-order valence-electron chi connectivity index (χ2n) is 5.71. The Bertz CT molecular complexity index is 275. The molecule has 1 saturated heterocycles. The van der Waals surface area contributed by atoms with Gasteiger partial charge in [-0.05, 0) is 46.1 Å². The third kappa shape index (κ3) is 3.60. The van der Waals surface area contributed by atoms with Gasteiger partial charge < -0.3 is 15.5 Å². The first kappa shape index (κ1) is 12.7. The molecule has 2 aliphatic heterocycles. The van der Waals surface area contributed by atoms with E-state index < -0.39 is 0 Å². The minimum Gasteiger partial charge on any atom is -0.356 e. The van der Waals surface area contributed by atoms with Gasteiger partial charge in [-0.1, -0.05) is 0 Å². The van der Waals surface area contributed by atoms with E-state index in [1.54, 1.807) is 0 Å². The van der Waals surface area contributed by atoms with Gasteiger partial charge in [0.25, 0.3) is 0 Å². The van der Waals surface area contributed by atoms with E-state index in [1.165, 1.54) is 25.9 Å². The van der Waals surface area contributed by atoms with Crippen molar-refractivity contribution < 1.29 is 0 Å². The molecule has 0 bridgehead atoms. The van der Waals surface area contributed by atoms with Crippen molar-refractivity contribution in [3.05, 3.63) is 0 Å². The Kier molecular flexibility index (Phi) is 4.26. The quantitative estimate of drug-likeness (QED) is 0.772. The fourth-order valence-electron chi connectivity index (χ4n) is 2.63. The van der Waals surface area contributed by atoms with E-state index in [0.717, 1.165) is 25.0 Å². The zero-order valence-corrected chi connectivity index (χ0v) is 11.4. The van der Waals surface area contributed by atoms with Gasteiger partial charge in [0.2, 0.25) is 0 Å². The fraction of sp³-hybridized carbons (Fsp3) is 0.923. The van der Waals surface area contributed by atoms with Crippen LogP contribution in [0.4, 0.5) is 0 Å². The molecule has 98 valence electrons. The van der Waals surface area contributed by atoms with E-state index in [4.69, 9.17) is 0 Å². The summed E-state index contributed by atoms with van der Waals surface area (Å²) in [5, 5.41) is 6.81. The Morgan fingerprint density at radius 3 is 3.00 bits per heavy atom. The normalized spacial score (nSPS) is 30.2. The summed E-state index contributed by atoms with van der Waals surface area (Å²) in [6, 6.07) is 1.18. The summed E-state index contributed by atoms with van der Waals surface area (Å²) in [5.74, 6) is 1.77. The summed E-state index contributed by atoms with van der Waals surface area (Å²) < 4.78 is 0. The van der Waals surface area contributed by atoms with E-state index in [2.05, 4.69) is 41.3 Å². The van der Waals surface area contributed by atoms with Crippen molar-refractivity contribution in [1.29, 1.82) is 0 Å². The number of likely N-dealkylation sites (tertiary alicyclic amines) is 1. The topological polar surface area (TPSA) is 39.7 Å². The van der Waals surface area contributed by atoms with Crippen LogP contribution in [-0.4, -0.2) is 49.1 Å². The Morgan fingerprint density at radius 1 is 1.53 bits per heavy atom. The zero-order chi connectivity index (χ0) is 12.3. The maximum atomic E-state index is 4.44. The summed E-state index contributed by atoms with van der Waals surface area (Å²) in [5.41, 5.74) is 0. The lowest BCUT2D eigenvalue weighted by Crippen LogP contribution is -2.45. The predicted octanol–water partition coefficient (Wildman–Crippen LogP) is 1.04. The van der Waals surface area contributed by atoms with Crippen molar-refractivity contribution in [3.63, 3.8) is 0 Å². The van der Waals surface area contributed by atoms with Gasteiger partial charge in [-0.2, -0.15) is 0 Å². The molecule has 0 aromatic rings. The molecule has 4 heteroatoms. The molecule has 2 aliphatic rings. The Morgan fingerprint density at radius 2 is 2.35 bits per heavy atom. The van der Waals surface area contributed by atoms with E-state index >= 15 is 0 Å². The summed E-state index contributed by atoms with van der Waals surface area (Å²) in [6.45, 7) is 11.2. The van der Waals surface area contributed by atoms with Gasteiger partial charge in [-0.3, -0.25) is 4.99 Å². The van der Waals surface area contributed by atoms with Crippen LogP contribution in [0.25, 0.3) is 0 Å². The SMILES string of the molecule is CC1CN=C(NCC2CCCN(C(C)C)C2)N1. The fourth-order valence-corrected chi connectivity index (χ4v) is 2.63. The predicted molar refractivity (Wildman–Crippen MR) is 72.3 cm³/mol. The Hall–Kier alpha value is -0.770. The van der Waals surface area contributed by atoms with Gasteiger partial charge in [0, 0.05) is 25.2 Å². The first-order valence-electron chi connectivity index (χ1n) is 6.94. The van der Waals surface area contributed by atoms with Crippen LogP contribution in [0.15, 0.2) is 4.99 Å². The van der Waals surface area contributed by atoms with Gasteiger partial charge in [0.05, 0.1) is 6.54 Å². The number of hydrogen-bond acceptors (Lipinski definition) is 4. The lowest BCUT2D eigenvalue weighted by Gasteiger charge is -2.35. The van der Waals surface area contributed by atoms with Gasteiger partial charge in [0.15, 0.2) is 5.96 Å². The second kappa shape index (κ2) is 5.71. The monoisotopic (exact) mass is 238 g/mol. The van der Waals surface area contributed by atoms with E-state index in [-0.39, 0.29) is 0 Å². The standard InChI is InChI=1S/C13H26N4/c1-10(2)17-6-4-5-12(9-17)8-15-13-14-7-11(3)16-13/h10-12H,4-9H2,1-3H3,(H2,14,15,16). The number of piperidine rings is 1. The summed E-state index contributed by atoms with van der Waals surface area (Å²) in [7, 11) is 0. The van der Waals surface area contributed by atoms with Gasteiger partial charge in [-0.25, -0.2) is 0 Å². The van der Waals surface area contributed by atoms with E-state index in [1.807, 2.05) is 0 Å². The highest BCUT2D eigenvalue weighted by Gasteiger charge is 2.22. The molecule has 0 aromatic heterocycles. The van der Waals surface area contributed by atoms with Crippen molar-refractivity contribution in [2.24, 2.45) is 10.9 Å². The van der Waals surface area contributed by atoms with Crippen LogP contribution in [-0.2, 0) is 0 Å². The Balaban J connectivity index is 1.72. The first-order valence-corrected chi connectivity index (χ1v) is 6.94. The molecule has 2 heterocycles. The van der Waals surface area contributed by atoms with Gasteiger partial charge in [0.1, 0.15) is 0 Å². The molecule has 0 aliphatic carbocycles. The van der Waals surface area contributed by atoms with Crippen molar-refractivity contribution in [1.82, 2.24) is 15.5 Å². The molecule has 2 N–H and O–H groups in total. The highest BCUT2D eigenvalue weighted by atomic mass is 15.2. The molecule has 2 unspecified atom stereocenters. The number of nitrogens with one attached hydrogen (secondary N) is 2. The second-order valence-corrected chi connectivity index (χ2v) is 5.71. The molecule has 0 spiro atoms. The minimum atomic E-state index is 0.496. The number of guanidine groups is 1. The van der Waals surface area contributed by atoms with Gasteiger partial charge >= 0.3 is 0 Å². The maximum absolute atomic E-state index is 4.44. The van der Waals surface area contributed by atoms with Crippen LogP contribution in [0, 0.1) is 5.92 Å². The molecule has 1 fully saturated rings. The average molecular weight is 238 g/mol. The smallest absolute Gasteiger partial charge is 0.191 e. The lowest BCUT2D eigenvalue weighted by molar-refractivity contribution is 0.141. The highest BCUT2D eigenvalue weighted by Crippen LogP contribution is 2.17. The first-order chi connectivity index (χ1) is 8.15. The van der Waals surface area contributed by atoms with Crippen LogP contribution < -0.4 is 10.6 Å². The molecule has 0 saturated carbocycles. The molecule has 17 heavy (non-hydrogen) atoms. The van der Waals surface area contributed by atoms with Crippen molar-refractivity contribution >= 4 is 5.96 Å². The van der Waals surface area contributed by atoms with Crippen molar-refractivity contribution in [2.45, 2.75) is 45.7 Å². The van der Waals surface area contributed by atoms with Crippen LogP contribution >= 0.6 is 0 Å². The molecule has 0 radical (unpaired) electrons. The van der Waals surface area contributed by atoms with Crippen LogP contribution in [0.3, 0.4) is 0 Å². The van der Waals surface area contributed by atoms with E-state index in [9.17, 15) is 0 Å². The summed E-state index contributed by atoms with van der Waals surface area (Å²) in [6.07, 6.45) is 2.68. The summed E-state index contributed by atoms with van der Waals surface area (Å²) >= 11 is 0. The van der Waals surface area contributed by atoms with Crippen LogP contribution in [0.1, 0.15) is 33.6 Å². The van der Waals surface area contributed by atoms with Crippen molar-refractivity contribution in [3.8, 4) is 0 Å². The number of rotatable bonds is 3. The molecule has 4 nitrogen and oxygen atoms in total. The number of hydrogen-bond donors (Lipinski definition) is 2. The molecule has 0 amide bonds. The average Bonchev–Trinajstić information content (AvgIpc) is 2.73. The van der Waals surface area contributed by atoms with Crippen LogP contribution in [0.2, 0.25) is 0 Å². The third-order valence-corrected chi connectivity index (χ3v) is 3.75. The third-order valence-electron chi connectivity index (χ3n) is 3.75. The van der Waals surface area contributed by atoms with E-state index in [0.29, 0.717) is 12.1 Å².